The van der Waals surface area contributed by atoms with Crippen molar-refractivity contribution in [3.05, 3.63) is 26.9 Å². The molecule has 0 radical (unpaired) electrons. The van der Waals surface area contributed by atoms with Gasteiger partial charge in [-0.2, -0.15) is 5.10 Å². The highest BCUT2D eigenvalue weighted by Gasteiger charge is 2.14. The van der Waals surface area contributed by atoms with E-state index >= 15 is 0 Å². The highest BCUT2D eigenvalue weighted by molar-refractivity contribution is 7.71. The van der Waals surface area contributed by atoms with Gasteiger partial charge in [-0.3, -0.25) is 9.36 Å². The second-order valence-corrected chi connectivity index (χ2v) is 4.64. The molecule has 2 rings (SSSR count). The van der Waals surface area contributed by atoms with Crippen LogP contribution in [0.2, 0.25) is 0 Å². The summed E-state index contributed by atoms with van der Waals surface area (Å²) in [5.41, 5.74) is 1.60. The monoisotopic (exact) mass is 251 g/mol. The van der Waals surface area contributed by atoms with Crippen LogP contribution in [0.25, 0.3) is 5.57 Å². The fourth-order valence-corrected chi connectivity index (χ4v) is 2.41. The molecule has 0 N–H and O–H groups in total. The molecule has 0 unspecified atom stereocenters. The predicted octanol–water partition coefficient (Wildman–Crippen LogP) is 2.29. The first-order valence-electron chi connectivity index (χ1n) is 6.02. The largest absolute Gasteiger partial charge is 0.282 e. The minimum absolute atomic E-state index is 0.0521. The third-order valence-electron chi connectivity index (χ3n) is 3.12. The average molecular weight is 251 g/mol. The van der Waals surface area contributed by atoms with Gasteiger partial charge < -0.3 is 0 Å². The second-order valence-electron chi connectivity index (χ2n) is 4.28. The first-order chi connectivity index (χ1) is 8.15. The molecule has 0 aromatic carbocycles. The third-order valence-corrected chi connectivity index (χ3v) is 3.60. The van der Waals surface area contributed by atoms with E-state index in [0.717, 1.165) is 24.8 Å². The van der Waals surface area contributed by atoms with Crippen LogP contribution in [0.3, 0.4) is 0 Å². The molecule has 5 heteroatoms. The Bertz CT molecular complexity index is 568. The van der Waals surface area contributed by atoms with Crippen LogP contribution in [-0.2, 0) is 13.6 Å². The van der Waals surface area contributed by atoms with Gasteiger partial charge in [0.25, 0.3) is 5.56 Å². The Labute approximate surface area is 106 Å². The van der Waals surface area contributed by atoms with Crippen molar-refractivity contribution in [1.29, 1.82) is 0 Å². The lowest BCUT2D eigenvalue weighted by Crippen LogP contribution is -2.29. The molecule has 1 aliphatic rings. The minimum Gasteiger partial charge on any atom is -0.282 e. The number of hydrogen-bond acceptors (Lipinski definition) is 3. The summed E-state index contributed by atoms with van der Waals surface area (Å²) >= 11 is 5.18. The molecule has 1 aromatic rings. The summed E-state index contributed by atoms with van der Waals surface area (Å²) in [5.74, 6) is 0. The van der Waals surface area contributed by atoms with Gasteiger partial charge in [-0.05, 0) is 50.4 Å². The Balaban J connectivity index is 2.63. The zero-order valence-electron chi connectivity index (χ0n) is 10.3. The third kappa shape index (κ3) is 2.24. The van der Waals surface area contributed by atoms with E-state index in [4.69, 9.17) is 12.2 Å². The maximum Gasteiger partial charge on any atom is 0.280 e. The van der Waals surface area contributed by atoms with E-state index in [1.807, 2.05) is 6.92 Å². The molecule has 0 atom stereocenters. The number of nitrogens with zero attached hydrogens (tertiary/aromatic N) is 3. The summed E-state index contributed by atoms with van der Waals surface area (Å²) in [5, 5.41) is 4.32. The van der Waals surface area contributed by atoms with Gasteiger partial charge in [-0.25, -0.2) is 4.68 Å². The average Bonchev–Trinajstić information content (AvgIpc) is 2.36. The van der Waals surface area contributed by atoms with Crippen LogP contribution in [0, 0.1) is 4.77 Å². The standard InChI is InChI=1S/C12H17N3OS/c1-3-15-11(16)10(13-14(2)12(15)17)9-7-5-4-6-8-9/h7H,3-6,8H2,1-2H3. The smallest absolute Gasteiger partial charge is 0.280 e. The molecule has 1 aliphatic carbocycles. The quantitative estimate of drug-likeness (QED) is 0.757. The summed E-state index contributed by atoms with van der Waals surface area (Å²) in [6.45, 7) is 2.52. The zero-order chi connectivity index (χ0) is 12.4. The molecule has 0 fully saturated rings. The molecular weight excluding hydrogens is 234 g/mol. The van der Waals surface area contributed by atoms with E-state index in [9.17, 15) is 4.79 Å². The van der Waals surface area contributed by atoms with Crippen molar-refractivity contribution >= 4 is 17.8 Å². The van der Waals surface area contributed by atoms with Crippen molar-refractivity contribution < 1.29 is 0 Å². The van der Waals surface area contributed by atoms with Gasteiger partial charge in [0.15, 0.2) is 10.5 Å². The number of rotatable bonds is 2. The summed E-state index contributed by atoms with van der Waals surface area (Å²) in [4.78, 5) is 12.3. The van der Waals surface area contributed by atoms with Crippen LogP contribution in [0.15, 0.2) is 10.9 Å². The number of allylic oxidation sites excluding steroid dienone is 2. The molecule has 0 aliphatic heterocycles. The topological polar surface area (TPSA) is 39.8 Å². The fourth-order valence-electron chi connectivity index (χ4n) is 2.16. The highest BCUT2D eigenvalue weighted by Crippen LogP contribution is 2.23. The molecule has 92 valence electrons. The van der Waals surface area contributed by atoms with Crippen LogP contribution in [0.1, 0.15) is 38.3 Å². The summed E-state index contributed by atoms with van der Waals surface area (Å²) < 4.78 is 3.70. The van der Waals surface area contributed by atoms with Crippen LogP contribution in [0.5, 0.6) is 0 Å². The van der Waals surface area contributed by atoms with Gasteiger partial charge in [0.1, 0.15) is 0 Å². The lowest BCUT2D eigenvalue weighted by atomic mass is 9.97. The van der Waals surface area contributed by atoms with Crippen molar-refractivity contribution in [2.75, 3.05) is 0 Å². The summed E-state index contributed by atoms with van der Waals surface area (Å²) in [6, 6.07) is 0. The minimum atomic E-state index is -0.0521. The van der Waals surface area contributed by atoms with Gasteiger partial charge in [0.2, 0.25) is 0 Å². The first kappa shape index (κ1) is 12.2. The highest BCUT2D eigenvalue weighted by atomic mass is 32.1. The Kier molecular flexibility index (Phi) is 3.57. The van der Waals surface area contributed by atoms with Crippen molar-refractivity contribution in [3.63, 3.8) is 0 Å². The lowest BCUT2D eigenvalue weighted by Gasteiger charge is -2.14. The summed E-state index contributed by atoms with van der Waals surface area (Å²) in [6.07, 6.45) is 6.47. The number of hydrogen-bond donors (Lipinski definition) is 0. The Morgan fingerprint density at radius 1 is 1.47 bits per heavy atom. The number of aromatic nitrogens is 3. The van der Waals surface area contributed by atoms with Crippen molar-refractivity contribution in [2.24, 2.45) is 7.05 Å². The van der Waals surface area contributed by atoms with Crippen LogP contribution in [0.4, 0.5) is 0 Å². The van der Waals surface area contributed by atoms with Crippen LogP contribution in [-0.4, -0.2) is 14.3 Å². The van der Waals surface area contributed by atoms with Crippen molar-refractivity contribution in [2.45, 2.75) is 39.2 Å². The maximum atomic E-state index is 12.3. The molecule has 0 amide bonds. The van der Waals surface area contributed by atoms with Crippen molar-refractivity contribution in [1.82, 2.24) is 14.3 Å². The molecule has 0 saturated carbocycles. The Hall–Kier alpha value is -1.23. The van der Waals surface area contributed by atoms with E-state index < -0.39 is 0 Å². The second kappa shape index (κ2) is 4.96. The first-order valence-corrected chi connectivity index (χ1v) is 6.43. The predicted molar refractivity (Wildman–Crippen MR) is 70.4 cm³/mol. The van der Waals surface area contributed by atoms with E-state index in [1.54, 1.807) is 16.3 Å². The SMILES string of the molecule is CCn1c(=O)c(C2=CCCCC2)nn(C)c1=S. The number of aryl methyl sites for hydroxylation is 1. The Morgan fingerprint density at radius 2 is 2.24 bits per heavy atom. The van der Waals surface area contributed by atoms with Crippen LogP contribution >= 0.6 is 12.2 Å². The molecule has 0 spiro atoms. The molecule has 17 heavy (non-hydrogen) atoms. The van der Waals surface area contributed by atoms with E-state index in [2.05, 4.69) is 11.2 Å². The van der Waals surface area contributed by atoms with Crippen molar-refractivity contribution in [3.8, 4) is 0 Å². The van der Waals surface area contributed by atoms with Gasteiger partial charge in [-0.1, -0.05) is 6.08 Å². The molecule has 0 saturated heterocycles. The normalized spacial score (nSPS) is 15.8. The van der Waals surface area contributed by atoms with Gasteiger partial charge in [0.05, 0.1) is 0 Å². The van der Waals surface area contributed by atoms with E-state index in [1.165, 1.54) is 6.42 Å². The zero-order valence-corrected chi connectivity index (χ0v) is 11.1. The molecular formula is C12H17N3OS. The molecule has 4 nitrogen and oxygen atoms in total. The van der Waals surface area contributed by atoms with Crippen LogP contribution < -0.4 is 5.56 Å². The fraction of sp³-hybridized carbons (Fsp3) is 0.583. The summed E-state index contributed by atoms with van der Waals surface area (Å²) in [7, 11) is 1.79. The lowest BCUT2D eigenvalue weighted by molar-refractivity contribution is 0.579. The molecule has 0 bridgehead atoms. The van der Waals surface area contributed by atoms with Gasteiger partial charge in [0, 0.05) is 13.6 Å². The Morgan fingerprint density at radius 3 is 2.82 bits per heavy atom. The van der Waals surface area contributed by atoms with Gasteiger partial charge >= 0.3 is 0 Å². The van der Waals surface area contributed by atoms with E-state index in [-0.39, 0.29) is 5.56 Å². The molecule has 1 aromatic heterocycles. The van der Waals surface area contributed by atoms with E-state index in [0.29, 0.717) is 17.0 Å². The molecule has 1 heterocycles. The van der Waals surface area contributed by atoms with Gasteiger partial charge in [-0.15, -0.1) is 0 Å². The maximum absolute atomic E-state index is 12.3.